The number of anilines is 1. The predicted octanol–water partition coefficient (Wildman–Crippen LogP) is 2.73. The molecule has 0 bridgehead atoms. The van der Waals surface area contributed by atoms with Crippen LogP contribution in [0.3, 0.4) is 0 Å². The smallest absolute Gasteiger partial charge is 0.239 e. The normalized spacial score (nSPS) is 12.4. The Morgan fingerprint density at radius 1 is 1.44 bits per heavy atom. The Morgan fingerprint density at radius 3 is 2.78 bits per heavy atom. The molecule has 0 spiro atoms. The molecule has 1 amide bonds. The Bertz CT molecular complexity index is 551. The minimum atomic E-state index is -0.221. The zero-order valence-corrected chi connectivity index (χ0v) is 12.6. The van der Waals surface area contributed by atoms with Crippen LogP contribution in [0, 0.1) is 13.8 Å². The molecule has 0 fully saturated rings. The summed E-state index contributed by atoms with van der Waals surface area (Å²) in [6.45, 7) is 5.64. The average Bonchev–Trinajstić information content (AvgIpc) is 2.88. The molecule has 2 rings (SSSR count). The number of aryl methyl sites for hydroxylation is 2. The van der Waals surface area contributed by atoms with Crippen molar-refractivity contribution in [3.63, 3.8) is 0 Å². The van der Waals surface area contributed by atoms with Gasteiger partial charge in [-0.2, -0.15) is 0 Å². The molecule has 2 aromatic rings. The van der Waals surface area contributed by atoms with Crippen LogP contribution in [-0.4, -0.2) is 26.3 Å². The molecule has 1 atom stereocenters. The largest absolute Gasteiger partial charge is 0.301 e. The minimum absolute atomic E-state index is 0.0674. The molecule has 18 heavy (non-hydrogen) atoms. The lowest BCUT2D eigenvalue weighted by molar-refractivity contribution is -0.115. The van der Waals surface area contributed by atoms with Crippen LogP contribution < -0.4 is 5.32 Å². The summed E-state index contributed by atoms with van der Waals surface area (Å²) in [6.07, 6.45) is 0. The third kappa shape index (κ3) is 3.50. The molecule has 5 nitrogen and oxygen atoms in total. The number of thiazole rings is 1. The highest BCUT2D eigenvalue weighted by atomic mass is 32.2. The van der Waals surface area contributed by atoms with E-state index in [4.69, 9.17) is 0 Å². The van der Waals surface area contributed by atoms with E-state index in [9.17, 15) is 4.79 Å². The molecule has 2 aromatic heterocycles. The number of amides is 1. The molecule has 0 radical (unpaired) electrons. The Kier molecular flexibility index (Phi) is 4.31. The molecule has 0 saturated heterocycles. The van der Waals surface area contributed by atoms with Gasteiger partial charge in [0.05, 0.1) is 10.9 Å². The minimum Gasteiger partial charge on any atom is -0.301 e. The lowest BCUT2D eigenvalue weighted by Gasteiger charge is -2.07. The van der Waals surface area contributed by atoms with Crippen molar-refractivity contribution < 1.29 is 4.79 Å². The summed E-state index contributed by atoms with van der Waals surface area (Å²) >= 11 is 4.33. The lowest BCUT2D eigenvalue weighted by atomic mass is 10.4. The first-order chi connectivity index (χ1) is 8.54. The number of aromatic nitrogens is 3. The quantitative estimate of drug-likeness (QED) is 0.879. The van der Waals surface area contributed by atoms with Crippen LogP contribution in [0.25, 0.3) is 0 Å². The van der Waals surface area contributed by atoms with Gasteiger partial charge in [0, 0.05) is 5.38 Å². The molecule has 0 aliphatic rings. The van der Waals surface area contributed by atoms with Crippen molar-refractivity contribution in [2.24, 2.45) is 0 Å². The van der Waals surface area contributed by atoms with Gasteiger partial charge >= 0.3 is 0 Å². The lowest BCUT2D eigenvalue weighted by Crippen LogP contribution is -2.22. The van der Waals surface area contributed by atoms with Gasteiger partial charge in [-0.15, -0.1) is 21.5 Å². The fourth-order valence-electron chi connectivity index (χ4n) is 1.15. The zero-order chi connectivity index (χ0) is 13.1. The highest BCUT2D eigenvalue weighted by Crippen LogP contribution is 2.27. The maximum absolute atomic E-state index is 11.9. The third-order valence-corrected chi connectivity index (χ3v) is 4.90. The maximum Gasteiger partial charge on any atom is 0.239 e. The summed E-state index contributed by atoms with van der Waals surface area (Å²) < 4.78 is 0.811. The van der Waals surface area contributed by atoms with Crippen molar-refractivity contribution in [1.29, 1.82) is 0 Å². The van der Waals surface area contributed by atoms with Crippen LogP contribution in [0.4, 0.5) is 5.13 Å². The highest BCUT2D eigenvalue weighted by Gasteiger charge is 2.17. The van der Waals surface area contributed by atoms with Gasteiger partial charge in [-0.1, -0.05) is 23.1 Å². The molecule has 1 unspecified atom stereocenters. The SMILES string of the molecule is Cc1csc(NC(=O)C(C)Sc2nnc(C)s2)n1. The number of thioether (sulfide) groups is 1. The van der Waals surface area contributed by atoms with E-state index in [1.165, 1.54) is 34.4 Å². The van der Waals surface area contributed by atoms with Crippen molar-refractivity contribution in [1.82, 2.24) is 15.2 Å². The number of nitrogens with one attached hydrogen (secondary N) is 1. The van der Waals surface area contributed by atoms with Gasteiger partial charge in [-0.25, -0.2) is 4.98 Å². The second-order valence-electron chi connectivity index (χ2n) is 3.63. The Morgan fingerprint density at radius 2 is 2.22 bits per heavy atom. The van der Waals surface area contributed by atoms with E-state index in [1.54, 1.807) is 0 Å². The van der Waals surface area contributed by atoms with Crippen LogP contribution >= 0.6 is 34.4 Å². The summed E-state index contributed by atoms with van der Waals surface area (Å²) in [7, 11) is 0. The van der Waals surface area contributed by atoms with Gasteiger partial charge in [0.1, 0.15) is 5.01 Å². The number of hydrogen-bond acceptors (Lipinski definition) is 7. The van der Waals surface area contributed by atoms with Crippen molar-refractivity contribution in [2.45, 2.75) is 30.4 Å². The highest BCUT2D eigenvalue weighted by molar-refractivity contribution is 8.02. The topological polar surface area (TPSA) is 67.8 Å². The molecule has 96 valence electrons. The molecule has 0 aliphatic carbocycles. The summed E-state index contributed by atoms with van der Waals surface area (Å²) in [4.78, 5) is 16.1. The van der Waals surface area contributed by atoms with E-state index in [-0.39, 0.29) is 11.2 Å². The second kappa shape index (κ2) is 5.77. The number of nitrogens with zero attached hydrogens (tertiary/aromatic N) is 3. The number of carbonyl (C=O) groups is 1. The van der Waals surface area contributed by atoms with Crippen LogP contribution in [0.1, 0.15) is 17.6 Å². The van der Waals surface area contributed by atoms with E-state index in [1.807, 2.05) is 26.2 Å². The van der Waals surface area contributed by atoms with Gasteiger partial charge in [-0.05, 0) is 20.8 Å². The van der Waals surface area contributed by atoms with E-state index >= 15 is 0 Å². The monoisotopic (exact) mass is 300 g/mol. The molecule has 1 N–H and O–H groups in total. The third-order valence-electron chi connectivity index (χ3n) is 2.00. The van der Waals surface area contributed by atoms with Crippen molar-refractivity contribution >= 4 is 45.5 Å². The summed E-state index contributed by atoms with van der Waals surface area (Å²) in [5, 5.41) is 13.9. The number of carbonyl (C=O) groups excluding carboxylic acids is 1. The van der Waals surface area contributed by atoms with E-state index in [2.05, 4.69) is 20.5 Å². The Labute approximate surface area is 117 Å². The van der Waals surface area contributed by atoms with Crippen LogP contribution in [0.5, 0.6) is 0 Å². The second-order valence-corrected chi connectivity index (χ2v) is 7.26. The van der Waals surface area contributed by atoms with Crippen molar-refractivity contribution in [3.05, 3.63) is 16.1 Å². The number of rotatable bonds is 4. The number of hydrogen-bond donors (Lipinski definition) is 1. The molecule has 0 aliphatic heterocycles. The summed E-state index contributed by atoms with van der Waals surface area (Å²) in [6, 6.07) is 0. The zero-order valence-electron chi connectivity index (χ0n) is 10.1. The summed E-state index contributed by atoms with van der Waals surface area (Å²) in [5.41, 5.74) is 0.912. The first-order valence-electron chi connectivity index (χ1n) is 5.24. The van der Waals surface area contributed by atoms with Gasteiger partial charge in [-0.3, -0.25) is 4.79 Å². The molecular formula is C10H12N4OS3. The first-order valence-corrected chi connectivity index (χ1v) is 7.82. The summed E-state index contributed by atoms with van der Waals surface area (Å²) in [5.74, 6) is -0.0674. The Balaban J connectivity index is 1.92. The predicted molar refractivity (Wildman–Crippen MR) is 75.4 cm³/mol. The van der Waals surface area contributed by atoms with Crippen LogP contribution in [0.2, 0.25) is 0 Å². The first kappa shape index (κ1) is 13.4. The van der Waals surface area contributed by atoms with Crippen molar-refractivity contribution in [3.8, 4) is 0 Å². The fraction of sp³-hybridized carbons (Fsp3) is 0.400. The maximum atomic E-state index is 11.9. The molecule has 2 heterocycles. The van der Waals surface area contributed by atoms with Gasteiger partial charge in [0.15, 0.2) is 9.47 Å². The Hall–Kier alpha value is -0.990. The van der Waals surface area contributed by atoms with E-state index in [0.29, 0.717) is 5.13 Å². The van der Waals surface area contributed by atoms with E-state index < -0.39 is 0 Å². The standard InChI is InChI=1S/C10H12N4OS3/c1-5-4-16-9(11-5)12-8(15)6(2)17-10-14-13-7(3)18-10/h4,6H,1-3H3,(H,11,12,15). The fourth-order valence-corrected chi connectivity index (χ4v) is 3.80. The van der Waals surface area contributed by atoms with Crippen molar-refractivity contribution in [2.75, 3.05) is 5.32 Å². The van der Waals surface area contributed by atoms with E-state index in [0.717, 1.165) is 15.0 Å². The van der Waals surface area contributed by atoms with Crippen LogP contribution in [-0.2, 0) is 4.79 Å². The molecule has 8 heteroatoms. The van der Waals surface area contributed by atoms with Gasteiger partial charge < -0.3 is 5.32 Å². The van der Waals surface area contributed by atoms with Crippen LogP contribution in [0.15, 0.2) is 9.72 Å². The van der Waals surface area contributed by atoms with Gasteiger partial charge in [0.2, 0.25) is 5.91 Å². The average molecular weight is 300 g/mol. The molecule has 0 aromatic carbocycles. The molecule has 0 saturated carbocycles. The molecular weight excluding hydrogens is 288 g/mol. The van der Waals surface area contributed by atoms with Gasteiger partial charge in [0.25, 0.3) is 0 Å².